The van der Waals surface area contributed by atoms with Gasteiger partial charge in [-0.3, -0.25) is 4.79 Å². The summed E-state index contributed by atoms with van der Waals surface area (Å²) in [6.07, 6.45) is 5.54. The van der Waals surface area contributed by atoms with Crippen LogP contribution in [0.4, 0.5) is 10.2 Å². The Labute approximate surface area is 112 Å². The molecule has 3 rings (SSSR count). The van der Waals surface area contributed by atoms with Crippen LogP contribution in [0.1, 0.15) is 25.7 Å². The lowest BCUT2D eigenvalue weighted by molar-refractivity contribution is -0.123. The lowest BCUT2D eigenvalue weighted by Crippen LogP contribution is -2.48. The molecule has 1 amide bonds. The molecule has 1 atom stereocenters. The molecule has 2 fully saturated rings. The van der Waals surface area contributed by atoms with Gasteiger partial charge in [-0.15, -0.1) is 0 Å². The number of anilines is 1. The van der Waals surface area contributed by atoms with Crippen molar-refractivity contribution in [1.82, 2.24) is 10.3 Å². The third-order valence-electron chi connectivity index (χ3n) is 3.75. The Hall–Kier alpha value is -1.65. The van der Waals surface area contributed by atoms with Crippen LogP contribution in [0.3, 0.4) is 0 Å². The number of amides is 1. The highest BCUT2D eigenvalue weighted by Gasteiger charge is 2.32. The second-order valence-corrected chi connectivity index (χ2v) is 5.38. The van der Waals surface area contributed by atoms with Crippen molar-refractivity contribution in [3.05, 3.63) is 24.1 Å². The second kappa shape index (κ2) is 5.15. The van der Waals surface area contributed by atoms with E-state index in [1.165, 1.54) is 6.07 Å². The molecule has 5 heteroatoms. The molecule has 1 aromatic heterocycles. The molecule has 1 aliphatic carbocycles. The van der Waals surface area contributed by atoms with E-state index < -0.39 is 0 Å². The molecule has 0 radical (unpaired) electrons. The van der Waals surface area contributed by atoms with Gasteiger partial charge in [-0.05, 0) is 37.8 Å². The van der Waals surface area contributed by atoms with Gasteiger partial charge in [0.25, 0.3) is 0 Å². The number of hydrogen-bond donors (Lipinski definition) is 1. The quantitative estimate of drug-likeness (QED) is 0.903. The van der Waals surface area contributed by atoms with Gasteiger partial charge in [0.15, 0.2) is 11.6 Å². The van der Waals surface area contributed by atoms with Gasteiger partial charge in [-0.1, -0.05) is 0 Å². The van der Waals surface area contributed by atoms with Crippen molar-refractivity contribution in [2.45, 2.75) is 31.7 Å². The zero-order valence-electron chi connectivity index (χ0n) is 10.8. The van der Waals surface area contributed by atoms with Crippen LogP contribution in [0.2, 0.25) is 0 Å². The molecule has 1 unspecified atom stereocenters. The molecule has 2 heterocycles. The average molecular weight is 263 g/mol. The fraction of sp³-hybridized carbons (Fsp3) is 0.571. The zero-order valence-corrected chi connectivity index (χ0v) is 10.8. The lowest BCUT2D eigenvalue weighted by Gasteiger charge is -2.34. The Balaban J connectivity index is 1.64. The normalized spacial score (nSPS) is 23.2. The van der Waals surface area contributed by atoms with Crippen LogP contribution in [0.15, 0.2) is 18.3 Å². The fourth-order valence-corrected chi connectivity index (χ4v) is 2.56. The van der Waals surface area contributed by atoms with E-state index in [0.29, 0.717) is 12.4 Å². The summed E-state index contributed by atoms with van der Waals surface area (Å²) in [4.78, 5) is 17.8. The molecular formula is C14H18FN3O. The minimum atomic E-state index is -0.295. The fourth-order valence-electron chi connectivity index (χ4n) is 2.56. The predicted molar refractivity (Wildman–Crippen MR) is 70.3 cm³/mol. The van der Waals surface area contributed by atoms with Gasteiger partial charge in [0, 0.05) is 31.2 Å². The Morgan fingerprint density at radius 1 is 1.42 bits per heavy atom. The van der Waals surface area contributed by atoms with E-state index in [2.05, 4.69) is 10.3 Å². The molecule has 1 saturated carbocycles. The van der Waals surface area contributed by atoms with Crippen molar-refractivity contribution >= 4 is 11.7 Å². The average Bonchev–Trinajstić information content (AvgIpc) is 3.24. The molecule has 0 aromatic carbocycles. The molecule has 2 aliphatic rings. The summed E-state index contributed by atoms with van der Waals surface area (Å²) >= 11 is 0. The summed E-state index contributed by atoms with van der Waals surface area (Å²) in [5.41, 5.74) is 0. The maximum atomic E-state index is 13.7. The molecule has 1 saturated heterocycles. The number of rotatable bonds is 3. The molecule has 102 valence electrons. The topological polar surface area (TPSA) is 45.2 Å². The molecule has 19 heavy (non-hydrogen) atoms. The maximum Gasteiger partial charge on any atom is 0.223 e. The Bertz CT molecular complexity index is 476. The number of pyridine rings is 1. The van der Waals surface area contributed by atoms with E-state index in [0.717, 1.165) is 32.2 Å². The first-order chi connectivity index (χ1) is 9.24. The molecule has 0 bridgehead atoms. The van der Waals surface area contributed by atoms with Gasteiger partial charge in [0.2, 0.25) is 5.91 Å². The van der Waals surface area contributed by atoms with Gasteiger partial charge in [-0.25, -0.2) is 9.37 Å². The summed E-state index contributed by atoms with van der Waals surface area (Å²) in [5, 5.41) is 3.07. The number of piperidine rings is 1. The van der Waals surface area contributed by atoms with Crippen LogP contribution in [0.5, 0.6) is 0 Å². The van der Waals surface area contributed by atoms with Crippen LogP contribution >= 0.6 is 0 Å². The first-order valence-electron chi connectivity index (χ1n) is 6.90. The number of nitrogens with zero attached hydrogens (tertiary/aromatic N) is 2. The molecular weight excluding hydrogens is 245 g/mol. The minimum absolute atomic E-state index is 0.114. The summed E-state index contributed by atoms with van der Waals surface area (Å²) in [6, 6.07) is 3.13. The summed E-state index contributed by atoms with van der Waals surface area (Å²) in [6.45, 7) is 1.44. The second-order valence-electron chi connectivity index (χ2n) is 5.38. The first kappa shape index (κ1) is 12.4. The van der Waals surface area contributed by atoms with E-state index >= 15 is 0 Å². The molecule has 1 N–H and O–H groups in total. The summed E-state index contributed by atoms with van der Waals surface area (Å²) < 4.78 is 13.7. The van der Waals surface area contributed by atoms with Crippen molar-refractivity contribution in [3.8, 4) is 0 Å². The van der Waals surface area contributed by atoms with Crippen LogP contribution in [0.25, 0.3) is 0 Å². The van der Waals surface area contributed by atoms with Crippen LogP contribution in [0, 0.1) is 11.7 Å². The van der Waals surface area contributed by atoms with Crippen molar-refractivity contribution in [3.63, 3.8) is 0 Å². The van der Waals surface area contributed by atoms with Gasteiger partial charge in [0.1, 0.15) is 0 Å². The van der Waals surface area contributed by atoms with Crippen molar-refractivity contribution < 1.29 is 9.18 Å². The number of carbonyl (C=O) groups is 1. The Morgan fingerprint density at radius 3 is 3.00 bits per heavy atom. The number of aromatic nitrogens is 1. The van der Waals surface area contributed by atoms with Gasteiger partial charge in [-0.2, -0.15) is 0 Å². The van der Waals surface area contributed by atoms with Crippen molar-refractivity contribution in [2.24, 2.45) is 5.92 Å². The monoisotopic (exact) mass is 263 g/mol. The zero-order chi connectivity index (χ0) is 13.2. The summed E-state index contributed by atoms with van der Waals surface area (Å²) in [5.74, 6) is 0.486. The molecule has 1 aromatic rings. The van der Waals surface area contributed by atoms with Gasteiger partial charge in [0.05, 0.1) is 0 Å². The van der Waals surface area contributed by atoms with Crippen LogP contribution < -0.4 is 10.2 Å². The van der Waals surface area contributed by atoms with Crippen LogP contribution in [-0.4, -0.2) is 30.0 Å². The van der Waals surface area contributed by atoms with Gasteiger partial charge < -0.3 is 10.2 Å². The molecule has 1 aliphatic heterocycles. The van der Waals surface area contributed by atoms with E-state index in [-0.39, 0.29) is 23.7 Å². The van der Waals surface area contributed by atoms with E-state index in [1.807, 2.05) is 4.90 Å². The van der Waals surface area contributed by atoms with Gasteiger partial charge >= 0.3 is 0 Å². The van der Waals surface area contributed by atoms with Crippen molar-refractivity contribution in [2.75, 3.05) is 18.0 Å². The highest BCUT2D eigenvalue weighted by atomic mass is 19.1. The highest BCUT2D eigenvalue weighted by molar-refractivity contribution is 5.81. The lowest BCUT2D eigenvalue weighted by atomic mass is 10.1. The first-order valence-corrected chi connectivity index (χ1v) is 6.90. The Morgan fingerprint density at radius 2 is 2.26 bits per heavy atom. The smallest absolute Gasteiger partial charge is 0.223 e. The Kier molecular flexibility index (Phi) is 3.36. The number of carbonyl (C=O) groups excluding carboxylic acids is 1. The SMILES string of the molecule is O=C(NC1CCCN(c2ncccc2F)C1)C1CC1. The largest absolute Gasteiger partial charge is 0.352 e. The van der Waals surface area contributed by atoms with E-state index in [1.54, 1.807) is 12.3 Å². The minimum Gasteiger partial charge on any atom is -0.352 e. The highest BCUT2D eigenvalue weighted by Crippen LogP contribution is 2.29. The summed E-state index contributed by atoms with van der Waals surface area (Å²) in [7, 11) is 0. The van der Waals surface area contributed by atoms with Crippen molar-refractivity contribution in [1.29, 1.82) is 0 Å². The molecule has 0 spiro atoms. The number of hydrogen-bond acceptors (Lipinski definition) is 3. The number of halogens is 1. The predicted octanol–water partition coefficient (Wildman–Crippen LogP) is 1.72. The third-order valence-corrected chi connectivity index (χ3v) is 3.75. The van der Waals surface area contributed by atoms with E-state index in [4.69, 9.17) is 0 Å². The molecule has 4 nitrogen and oxygen atoms in total. The van der Waals surface area contributed by atoms with Crippen LogP contribution in [-0.2, 0) is 4.79 Å². The third kappa shape index (κ3) is 2.85. The number of nitrogens with one attached hydrogen (secondary N) is 1. The van der Waals surface area contributed by atoms with E-state index in [9.17, 15) is 9.18 Å². The standard InChI is InChI=1S/C14H18FN3O/c15-12-4-1-7-16-13(12)18-8-2-3-11(9-18)17-14(19)10-5-6-10/h1,4,7,10-11H,2-3,5-6,8-9H2,(H,17,19). The maximum absolute atomic E-state index is 13.7.